The van der Waals surface area contributed by atoms with Crippen LogP contribution in [0.1, 0.15) is 16.1 Å². The van der Waals surface area contributed by atoms with Crippen LogP contribution in [0.2, 0.25) is 0 Å². The van der Waals surface area contributed by atoms with Gasteiger partial charge in [0.15, 0.2) is 0 Å². The van der Waals surface area contributed by atoms with Crippen molar-refractivity contribution < 1.29 is 4.74 Å². The number of hydrogen-bond acceptors (Lipinski definition) is 4. The molecule has 1 heterocycles. The van der Waals surface area contributed by atoms with Gasteiger partial charge >= 0.3 is 0 Å². The Kier molecular flexibility index (Phi) is 4.41. The normalized spacial score (nSPS) is 11.3. The summed E-state index contributed by atoms with van der Waals surface area (Å²) in [7, 11) is 3.84. The molecule has 0 spiro atoms. The molecule has 3 nitrogen and oxygen atoms in total. The zero-order valence-electron chi connectivity index (χ0n) is 13.2. The molecule has 0 saturated heterocycles. The summed E-state index contributed by atoms with van der Waals surface area (Å²) < 4.78 is 6.71. The second-order valence-corrected chi connectivity index (χ2v) is 6.68. The number of hydrogen-bond donors (Lipinski definition) is 0. The number of rotatable bonds is 5. The maximum Gasteiger partial charge on any atom is 0.123 e. The summed E-state index contributed by atoms with van der Waals surface area (Å²) in [5.41, 5.74) is 3.55. The van der Waals surface area contributed by atoms with Gasteiger partial charge in [0.05, 0.1) is 23.9 Å². The Balaban J connectivity index is 1.74. The minimum atomic E-state index is 0.844. The zero-order valence-corrected chi connectivity index (χ0v) is 14.0. The lowest BCUT2D eigenvalue weighted by Gasteiger charge is -2.17. The highest BCUT2D eigenvalue weighted by atomic mass is 32.1. The molecule has 114 valence electrons. The molecule has 0 aliphatic heterocycles. The number of aryl methyl sites for hydroxylation is 1. The molecule has 0 atom stereocenters. The number of ether oxygens (including phenoxy) is 1. The largest absolute Gasteiger partial charge is 0.496 e. The Hall–Kier alpha value is -1.91. The summed E-state index contributed by atoms with van der Waals surface area (Å²) in [6, 6.07) is 14.6. The van der Waals surface area contributed by atoms with Gasteiger partial charge in [0.25, 0.3) is 0 Å². The van der Waals surface area contributed by atoms with Gasteiger partial charge in [0, 0.05) is 12.1 Å². The predicted molar refractivity (Wildman–Crippen MR) is 92.5 cm³/mol. The number of benzene rings is 2. The summed E-state index contributed by atoms with van der Waals surface area (Å²) in [5, 5.41) is 1.15. The van der Waals surface area contributed by atoms with E-state index in [1.807, 2.05) is 12.1 Å². The fourth-order valence-electron chi connectivity index (χ4n) is 2.60. The van der Waals surface area contributed by atoms with Crippen molar-refractivity contribution in [1.29, 1.82) is 0 Å². The van der Waals surface area contributed by atoms with Crippen molar-refractivity contribution in [3.63, 3.8) is 0 Å². The highest BCUT2D eigenvalue weighted by Crippen LogP contribution is 2.24. The van der Waals surface area contributed by atoms with Crippen LogP contribution in [0, 0.1) is 6.92 Å². The quantitative estimate of drug-likeness (QED) is 0.704. The molecule has 0 aliphatic rings. The van der Waals surface area contributed by atoms with Crippen molar-refractivity contribution in [3.8, 4) is 5.75 Å². The van der Waals surface area contributed by atoms with Gasteiger partial charge in [0.1, 0.15) is 10.8 Å². The molecule has 0 fully saturated rings. The molecular formula is C18H20N2OS. The lowest BCUT2D eigenvalue weighted by atomic mass is 10.1. The highest BCUT2D eigenvalue weighted by Gasteiger charge is 2.10. The maximum atomic E-state index is 5.46. The van der Waals surface area contributed by atoms with Crippen LogP contribution in [-0.2, 0) is 13.1 Å². The molecule has 0 aliphatic carbocycles. The van der Waals surface area contributed by atoms with Crippen LogP contribution in [0.5, 0.6) is 5.75 Å². The number of thiazole rings is 1. The van der Waals surface area contributed by atoms with E-state index in [-0.39, 0.29) is 0 Å². The van der Waals surface area contributed by atoms with E-state index >= 15 is 0 Å². The molecule has 4 heteroatoms. The number of fused-ring (bicyclic) bond motifs is 1. The molecule has 0 amide bonds. The molecule has 1 aromatic heterocycles. The Labute approximate surface area is 135 Å². The van der Waals surface area contributed by atoms with Gasteiger partial charge < -0.3 is 4.74 Å². The Morgan fingerprint density at radius 1 is 1.14 bits per heavy atom. The van der Waals surface area contributed by atoms with Crippen LogP contribution >= 0.6 is 11.3 Å². The van der Waals surface area contributed by atoms with Gasteiger partial charge in [-0.25, -0.2) is 4.98 Å². The first kappa shape index (κ1) is 15.0. The zero-order chi connectivity index (χ0) is 15.5. The molecule has 2 aromatic carbocycles. The van der Waals surface area contributed by atoms with E-state index in [1.165, 1.54) is 15.8 Å². The standard InChI is InChI=1S/C18H20N2OS/c1-13-8-9-16(21-3)14(10-13)11-20(2)12-18-19-15-6-4-5-7-17(15)22-18/h4-10H,11-12H2,1-3H3. The number of para-hydroxylation sites is 1. The third-order valence-corrected chi connectivity index (χ3v) is 4.64. The van der Waals surface area contributed by atoms with Crippen molar-refractivity contribution in [2.75, 3.05) is 14.2 Å². The van der Waals surface area contributed by atoms with E-state index in [1.54, 1.807) is 18.4 Å². The van der Waals surface area contributed by atoms with Crippen LogP contribution in [0.15, 0.2) is 42.5 Å². The Morgan fingerprint density at radius 3 is 2.73 bits per heavy atom. The van der Waals surface area contributed by atoms with Gasteiger partial charge in [-0.2, -0.15) is 0 Å². The van der Waals surface area contributed by atoms with Crippen LogP contribution in [0.25, 0.3) is 10.2 Å². The lowest BCUT2D eigenvalue weighted by molar-refractivity contribution is 0.310. The summed E-state index contributed by atoms with van der Waals surface area (Å²) >= 11 is 1.77. The number of nitrogens with zero attached hydrogens (tertiary/aromatic N) is 2. The van der Waals surface area contributed by atoms with E-state index in [4.69, 9.17) is 9.72 Å². The topological polar surface area (TPSA) is 25.4 Å². The van der Waals surface area contributed by atoms with Crippen molar-refractivity contribution in [2.45, 2.75) is 20.0 Å². The summed E-state index contributed by atoms with van der Waals surface area (Å²) in [4.78, 5) is 6.97. The average Bonchev–Trinajstić information content (AvgIpc) is 2.89. The molecular weight excluding hydrogens is 292 g/mol. The molecule has 0 N–H and O–H groups in total. The molecule has 0 unspecified atom stereocenters. The molecule has 3 rings (SSSR count). The third kappa shape index (κ3) is 3.29. The predicted octanol–water partition coefficient (Wildman–Crippen LogP) is 4.25. The van der Waals surface area contributed by atoms with Crippen molar-refractivity contribution in [1.82, 2.24) is 9.88 Å². The van der Waals surface area contributed by atoms with Gasteiger partial charge in [-0.15, -0.1) is 11.3 Å². The SMILES string of the molecule is COc1ccc(C)cc1CN(C)Cc1nc2ccccc2s1. The van der Waals surface area contributed by atoms with E-state index < -0.39 is 0 Å². The van der Waals surface area contributed by atoms with E-state index in [2.05, 4.69) is 49.2 Å². The number of aromatic nitrogens is 1. The first-order valence-electron chi connectivity index (χ1n) is 7.32. The van der Waals surface area contributed by atoms with Crippen LogP contribution in [-0.4, -0.2) is 24.0 Å². The van der Waals surface area contributed by atoms with Crippen LogP contribution in [0.4, 0.5) is 0 Å². The third-order valence-electron chi connectivity index (χ3n) is 3.62. The fourth-order valence-corrected chi connectivity index (χ4v) is 3.64. The van der Waals surface area contributed by atoms with Crippen LogP contribution in [0.3, 0.4) is 0 Å². The van der Waals surface area contributed by atoms with Gasteiger partial charge in [0.2, 0.25) is 0 Å². The minimum Gasteiger partial charge on any atom is -0.496 e. The average molecular weight is 312 g/mol. The fraction of sp³-hybridized carbons (Fsp3) is 0.278. The summed E-state index contributed by atoms with van der Waals surface area (Å²) in [6.45, 7) is 3.80. The minimum absolute atomic E-state index is 0.844. The Morgan fingerprint density at radius 2 is 1.95 bits per heavy atom. The molecule has 0 bridgehead atoms. The lowest BCUT2D eigenvalue weighted by Crippen LogP contribution is -2.17. The van der Waals surface area contributed by atoms with E-state index in [9.17, 15) is 0 Å². The van der Waals surface area contributed by atoms with Gasteiger partial charge in [-0.05, 0) is 32.2 Å². The van der Waals surface area contributed by atoms with Crippen molar-refractivity contribution >= 4 is 21.6 Å². The Bertz CT molecular complexity index is 749. The second kappa shape index (κ2) is 6.46. The first-order valence-corrected chi connectivity index (χ1v) is 8.14. The summed E-state index contributed by atoms with van der Waals surface area (Å²) in [6.07, 6.45) is 0. The summed E-state index contributed by atoms with van der Waals surface area (Å²) in [5.74, 6) is 0.946. The molecule has 0 saturated carbocycles. The number of methoxy groups -OCH3 is 1. The molecule has 22 heavy (non-hydrogen) atoms. The second-order valence-electron chi connectivity index (χ2n) is 5.56. The van der Waals surface area contributed by atoms with Gasteiger partial charge in [-0.3, -0.25) is 4.90 Å². The maximum absolute atomic E-state index is 5.46. The smallest absolute Gasteiger partial charge is 0.123 e. The van der Waals surface area contributed by atoms with E-state index in [0.29, 0.717) is 0 Å². The molecule has 0 radical (unpaired) electrons. The highest BCUT2D eigenvalue weighted by molar-refractivity contribution is 7.18. The van der Waals surface area contributed by atoms with E-state index in [0.717, 1.165) is 29.4 Å². The molecule has 3 aromatic rings. The first-order chi connectivity index (χ1) is 10.7. The van der Waals surface area contributed by atoms with Crippen LogP contribution < -0.4 is 4.74 Å². The van der Waals surface area contributed by atoms with Crippen molar-refractivity contribution in [3.05, 3.63) is 58.6 Å². The monoisotopic (exact) mass is 312 g/mol. The van der Waals surface area contributed by atoms with Crippen molar-refractivity contribution in [2.24, 2.45) is 0 Å². The van der Waals surface area contributed by atoms with Gasteiger partial charge in [-0.1, -0.05) is 29.8 Å².